The van der Waals surface area contributed by atoms with E-state index in [1.54, 1.807) is 6.20 Å². The maximum Gasteiger partial charge on any atom is 0.418 e. The topological polar surface area (TPSA) is 60.3 Å². The van der Waals surface area contributed by atoms with E-state index in [9.17, 15) is 18.4 Å². The van der Waals surface area contributed by atoms with Gasteiger partial charge in [0.1, 0.15) is 11.6 Å². The Bertz CT molecular complexity index is 1090. The standard InChI is InChI=1S/C22H20F2N2O3/c1-14(25-21(27)10-8-15-7-9-17(23)12-19(15)24)11-16-13-26(22(28)29-2)20-6-4-3-5-18(16)20/h3-10,12-14H,11H2,1-2H3,(H,25,27)/t14-/m1/s1. The van der Waals surface area contributed by atoms with Gasteiger partial charge in [-0.05, 0) is 43.2 Å². The molecule has 0 radical (unpaired) electrons. The Kier molecular flexibility index (Phi) is 6.07. The van der Waals surface area contributed by atoms with Crippen LogP contribution >= 0.6 is 0 Å². The molecule has 0 spiro atoms. The number of hydrogen-bond donors (Lipinski definition) is 1. The van der Waals surface area contributed by atoms with E-state index in [4.69, 9.17) is 4.74 Å². The lowest BCUT2D eigenvalue weighted by Crippen LogP contribution is -2.32. The molecule has 3 aromatic rings. The number of rotatable bonds is 5. The Hall–Kier alpha value is -3.48. The van der Waals surface area contributed by atoms with Gasteiger partial charge in [0.15, 0.2) is 0 Å². The van der Waals surface area contributed by atoms with E-state index >= 15 is 0 Å². The number of carbonyl (C=O) groups is 2. The quantitative estimate of drug-likeness (QED) is 0.652. The molecule has 0 saturated heterocycles. The van der Waals surface area contributed by atoms with Crippen LogP contribution in [0, 0.1) is 11.6 Å². The Labute approximate surface area is 166 Å². The number of nitrogens with zero attached hydrogens (tertiary/aromatic N) is 1. The fourth-order valence-electron chi connectivity index (χ4n) is 3.14. The second-order valence-electron chi connectivity index (χ2n) is 6.62. The highest BCUT2D eigenvalue weighted by molar-refractivity contribution is 5.93. The Morgan fingerprint density at radius 2 is 1.97 bits per heavy atom. The van der Waals surface area contributed by atoms with E-state index < -0.39 is 23.6 Å². The number of fused-ring (bicyclic) bond motifs is 1. The highest BCUT2D eigenvalue weighted by Crippen LogP contribution is 2.23. The summed E-state index contributed by atoms with van der Waals surface area (Å²) >= 11 is 0. The third kappa shape index (κ3) is 4.68. The SMILES string of the molecule is COC(=O)n1cc(C[C@@H](C)NC(=O)C=Cc2ccc(F)cc2F)c2ccccc21. The summed E-state index contributed by atoms with van der Waals surface area (Å²) in [4.78, 5) is 24.1. The molecule has 0 bridgehead atoms. The number of hydrogen-bond acceptors (Lipinski definition) is 3. The first-order chi connectivity index (χ1) is 13.9. The third-order valence-corrected chi connectivity index (χ3v) is 4.46. The lowest BCUT2D eigenvalue weighted by molar-refractivity contribution is -0.117. The van der Waals surface area contributed by atoms with Crippen molar-refractivity contribution in [1.82, 2.24) is 9.88 Å². The number of methoxy groups -OCH3 is 1. The molecule has 0 aliphatic carbocycles. The van der Waals surface area contributed by atoms with Crippen molar-refractivity contribution in [3.8, 4) is 0 Å². The first-order valence-corrected chi connectivity index (χ1v) is 9.00. The van der Waals surface area contributed by atoms with E-state index in [0.717, 1.165) is 28.6 Å². The lowest BCUT2D eigenvalue weighted by Gasteiger charge is -2.12. The van der Waals surface area contributed by atoms with Gasteiger partial charge in [0, 0.05) is 35.3 Å². The van der Waals surface area contributed by atoms with Gasteiger partial charge in [0.2, 0.25) is 5.91 Å². The van der Waals surface area contributed by atoms with Crippen LogP contribution < -0.4 is 5.32 Å². The number of aromatic nitrogens is 1. The summed E-state index contributed by atoms with van der Waals surface area (Å²) in [6, 6.07) is 10.3. The number of carbonyl (C=O) groups excluding carboxylic acids is 2. The van der Waals surface area contributed by atoms with Crippen LogP contribution in [-0.4, -0.2) is 29.7 Å². The molecule has 3 rings (SSSR count). The average Bonchev–Trinajstić information content (AvgIpc) is 3.05. The lowest BCUT2D eigenvalue weighted by atomic mass is 10.1. The number of halogens is 2. The van der Waals surface area contributed by atoms with Gasteiger partial charge in [-0.3, -0.25) is 9.36 Å². The van der Waals surface area contributed by atoms with E-state index in [-0.39, 0.29) is 11.6 Å². The molecule has 0 saturated carbocycles. The van der Waals surface area contributed by atoms with E-state index in [0.29, 0.717) is 6.42 Å². The van der Waals surface area contributed by atoms with Crippen molar-refractivity contribution >= 4 is 29.0 Å². The highest BCUT2D eigenvalue weighted by atomic mass is 19.1. The largest absolute Gasteiger partial charge is 0.452 e. The summed E-state index contributed by atoms with van der Waals surface area (Å²) in [5, 5.41) is 3.69. The molecule has 1 N–H and O–H groups in total. The van der Waals surface area contributed by atoms with Crippen LogP contribution in [0.2, 0.25) is 0 Å². The predicted molar refractivity (Wildman–Crippen MR) is 106 cm³/mol. The molecule has 1 atom stereocenters. The Morgan fingerprint density at radius 1 is 1.21 bits per heavy atom. The van der Waals surface area contributed by atoms with Gasteiger partial charge in [-0.2, -0.15) is 0 Å². The van der Waals surface area contributed by atoms with Crippen LogP contribution in [0.15, 0.2) is 54.7 Å². The maximum absolute atomic E-state index is 13.6. The smallest absolute Gasteiger partial charge is 0.418 e. The molecule has 29 heavy (non-hydrogen) atoms. The van der Waals surface area contributed by atoms with E-state index in [1.165, 1.54) is 29.9 Å². The molecule has 0 aliphatic heterocycles. The van der Waals surface area contributed by atoms with Gasteiger partial charge in [-0.1, -0.05) is 18.2 Å². The van der Waals surface area contributed by atoms with Crippen molar-refractivity contribution in [1.29, 1.82) is 0 Å². The van der Waals surface area contributed by atoms with Crippen molar-refractivity contribution in [2.24, 2.45) is 0 Å². The summed E-state index contributed by atoms with van der Waals surface area (Å²) in [6.07, 6.45) is 4.18. The molecule has 150 valence electrons. The zero-order chi connectivity index (χ0) is 21.0. The van der Waals surface area contributed by atoms with E-state index in [1.807, 2.05) is 31.2 Å². The minimum absolute atomic E-state index is 0.121. The number of ether oxygens (including phenoxy) is 1. The van der Waals surface area contributed by atoms with Gasteiger partial charge < -0.3 is 10.1 Å². The molecule has 2 aromatic carbocycles. The Balaban J connectivity index is 1.70. The van der Waals surface area contributed by atoms with Gasteiger partial charge in [-0.25, -0.2) is 13.6 Å². The van der Waals surface area contributed by atoms with Crippen LogP contribution in [0.4, 0.5) is 13.6 Å². The summed E-state index contributed by atoms with van der Waals surface area (Å²) < 4.78 is 32.8. The minimum atomic E-state index is -0.738. The zero-order valence-corrected chi connectivity index (χ0v) is 16.0. The summed E-state index contributed by atoms with van der Waals surface area (Å²) in [5.74, 6) is -1.82. The van der Waals surface area contributed by atoms with Crippen LogP contribution in [0.3, 0.4) is 0 Å². The van der Waals surface area contributed by atoms with Crippen LogP contribution in [0.5, 0.6) is 0 Å². The molecule has 0 unspecified atom stereocenters. The first kappa shape index (κ1) is 20.3. The van der Waals surface area contributed by atoms with Gasteiger partial charge >= 0.3 is 6.09 Å². The molecular formula is C22H20F2N2O3. The highest BCUT2D eigenvalue weighted by Gasteiger charge is 2.16. The number of nitrogens with one attached hydrogen (secondary N) is 1. The van der Waals surface area contributed by atoms with Crippen molar-refractivity contribution in [2.75, 3.05) is 7.11 Å². The van der Waals surface area contributed by atoms with Crippen LogP contribution in [0.25, 0.3) is 17.0 Å². The molecule has 7 heteroatoms. The van der Waals surface area contributed by atoms with Gasteiger partial charge in [-0.15, -0.1) is 0 Å². The second-order valence-corrected chi connectivity index (χ2v) is 6.62. The molecule has 0 aliphatic rings. The first-order valence-electron chi connectivity index (χ1n) is 9.00. The normalized spacial score (nSPS) is 12.3. The molecule has 1 heterocycles. The van der Waals surface area contributed by atoms with Crippen LogP contribution in [-0.2, 0) is 16.0 Å². The van der Waals surface area contributed by atoms with Crippen molar-refractivity contribution in [2.45, 2.75) is 19.4 Å². The molecular weight excluding hydrogens is 378 g/mol. The van der Waals surface area contributed by atoms with Gasteiger partial charge in [0.25, 0.3) is 0 Å². The van der Waals surface area contributed by atoms with Crippen molar-refractivity contribution in [3.63, 3.8) is 0 Å². The predicted octanol–water partition coefficient (Wildman–Crippen LogP) is 4.29. The van der Waals surface area contributed by atoms with Crippen molar-refractivity contribution < 1.29 is 23.1 Å². The fraction of sp³-hybridized carbons (Fsp3) is 0.182. The molecule has 1 amide bonds. The fourth-order valence-corrected chi connectivity index (χ4v) is 3.14. The Morgan fingerprint density at radius 3 is 2.69 bits per heavy atom. The molecule has 0 fully saturated rings. The summed E-state index contributed by atoms with van der Waals surface area (Å²) in [6.45, 7) is 1.83. The molecule has 1 aromatic heterocycles. The summed E-state index contributed by atoms with van der Waals surface area (Å²) in [7, 11) is 1.32. The number of para-hydroxylation sites is 1. The zero-order valence-electron chi connectivity index (χ0n) is 16.0. The minimum Gasteiger partial charge on any atom is -0.452 e. The molecule has 5 nitrogen and oxygen atoms in total. The summed E-state index contributed by atoms with van der Waals surface area (Å²) in [5.41, 5.74) is 1.72. The monoisotopic (exact) mass is 398 g/mol. The van der Waals surface area contributed by atoms with E-state index in [2.05, 4.69) is 5.32 Å². The number of amides is 1. The van der Waals surface area contributed by atoms with Crippen LogP contribution in [0.1, 0.15) is 18.1 Å². The third-order valence-electron chi connectivity index (χ3n) is 4.46. The van der Waals surface area contributed by atoms with Crippen molar-refractivity contribution in [3.05, 3.63) is 77.5 Å². The number of benzene rings is 2. The maximum atomic E-state index is 13.6. The second kappa shape index (κ2) is 8.68. The van der Waals surface area contributed by atoms with Gasteiger partial charge in [0.05, 0.1) is 12.6 Å². The average molecular weight is 398 g/mol.